The van der Waals surface area contributed by atoms with Crippen LogP contribution in [0, 0.1) is 5.41 Å². The van der Waals surface area contributed by atoms with Gasteiger partial charge in [-0.2, -0.15) is 0 Å². The van der Waals surface area contributed by atoms with Gasteiger partial charge in [0.25, 0.3) is 5.91 Å². The van der Waals surface area contributed by atoms with Crippen molar-refractivity contribution in [3.63, 3.8) is 0 Å². The lowest BCUT2D eigenvalue weighted by Crippen LogP contribution is -2.56. The number of likely N-dealkylation sites (tertiary alicyclic amines) is 2. The zero-order valence-electron chi connectivity index (χ0n) is 16.1. The molecule has 27 heavy (non-hydrogen) atoms. The fourth-order valence-corrected chi connectivity index (χ4v) is 4.42. The van der Waals surface area contributed by atoms with Crippen LogP contribution in [0.2, 0.25) is 0 Å². The molecular weight excluding hydrogens is 344 g/mol. The van der Waals surface area contributed by atoms with Crippen molar-refractivity contribution in [3.8, 4) is 0 Å². The van der Waals surface area contributed by atoms with Crippen LogP contribution in [-0.2, 0) is 9.53 Å². The predicted octanol–water partition coefficient (Wildman–Crippen LogP) is 1.29. The predicted molar refractivity (Wildman–Crippen MR) is 102 cm³/mol. The molecule has 0 aliphatic carbocycles. The van der Waals surface area contributed by atoms with Crippen LogP contribution in [0.4, 0.5) is 0 Å². The number of carbonyl (C=O) groups is 2. The van der Waals surface area contributed by atoms with Crippen molar-refractivity contribution < 1.29 is 14.3 Å². The highest BCUT2D eigenvalue weighted by atomic mass is 16.5. The van der Waals surface area contributed by atoms with E-state index in [1.807, 2.05) is 4.90 Å². The van der Waals surface area contributed by atoms with Gasteiger partial charge in [0, 0.05) is 57.3 Å². The van der Waals surface area contributed by atoms with Gasteiger partial charge in [0.15, 0.2) is 0 Å². The first kappa shape index (κ1) is 19.8. The number of hydrogen-bond donors (Lipinski definition) is 1. The molecule has 1 unspecified atom stereocenters. The Morgan fingerprint density at radius 2 is 1.96 bits per heavy atom. The van der Waals surface area contributed by atoms with E-state index < -0.39 is 5.41 Å². The summed E-state index contributed by atoms with van der Waals surface area (Å²) in [6, 6.07) is 3.92. The number of nitrogens with two attached hydrogens (primary N) is 1. The Morgan fingerprint density at radius 1 is 1.26 bits per heavy atom. The third-order valence-corrected chi connectivity index (χ3v) is 6.11. The zero-order valence-corrected chi connectivity index (χ0v) is 16.1. The first-order valence-corrected chi connectivity index (χ1v) is 9.78. The number of primary amides is 1. The van der Waals surface area contributed by atoms with Gasteiger partial charge in [-0.3, -0.25) is 19.5 Å². The SMILES string of the molecule is COCCC1(C(N)=O)CCCN(C2CCN(C(=O)c3ccncc3)CC2)C1. The van der Waals surface area contributed by atoms with Gasteiger partial charge in [-0.05, 0) is 50.8 Å². The molecule has 2 N–H and O–H groups in total. The first-order valence-electron chi connectivity index (χ1n) is 9.78. The van der Waals surface area contributed by atoms with Gasteiger partial charge < -0.3 is 15.4 Å². The largest absolute Gasteiger partial charge is 0.385 e. The molecule has 2 aliphatic heterocycles. The molecular formula is C20H30N4O3. The summed E-state index contributed by atoms with van der Waals surface area (Å²) < 4.78 is 5.21. The molecule has 1 aromatic heterocycles. The Kier molecular flexibility index (Phi) is 6.44. The van der Waals surface area contributed by atoms with E-state index in [-0.39, 0.29) is 11.8 Å². The smallest absolute Gasteiger partial charge is 0.253 e. The van der Waals surface area contributed by atoms with Crippen LogP contribution in [0.1, 0.15) is 42.5 Å². The van der Waals surface area contributed by atoms with Crippen molar-refractivity contribution in [3.05, 3.63) is 30.1 Å². The average molecular weight is 374 g/mol. The maximum absolute atomic E-state index is 12.6. The minimum atomic E-state index is -0.488. The fourth-order valence-electron chi connectivity index (χ4n) is 4.42. The second kappa shape index (κ2) is 8.80. The summed E-state index contributed by atoms with van der Waals surface area (Å²) in [5.74, 6) is -0.143. The van der Waals surface area contributed by atoms with Gasteiger partial charge >= 0.3 is 0 Å². The number of ether oxygens (including phenoxy) is 1. The van der Waals surface area contributed by atoms with Crippen LogP contribution >= 0.6 is 0 Å². The molecule has 1 atom stereocenters. The molecule has 7 nitrogen and oxygen atoms in total. The standard InChI is InChI=1S/C20H30N4O3/c1-27-14-8-20(19(21)26)7-2-11-24(15-20)17-5-12-23(13-6-17)18(25)16-3-9-22-10-4-16/h3-4,9-10,17H,2,5-8,11-15H2,1H3,(H2,21,26). The first-order chi connectivity index (χ1) is 13.1. The maximum atomic E-state index is 12.6. The number of amides is 2. The van der Waals surface area contributed by atoms with Crippen molar-refractivity contribution >= 4 is 11.8 Å². The van der Waals surface area contributed by atoms with E-state index in [9.17, 15) is 9.59 Å². The number of carbonyl (C=O) groups excluding carboxylic acids is 2. The summed E-state index contributed by atoms with van der Waals surface area (Å²) in [7, 11) is 1.66. The minimum absolute atomic E-state index is 0.0704. The molecule has 2 saturated heterocycles. The van der Waals surface area contributed by atoms with Crippen LogP contribution in [0.25, 0.3) is 0 Å². The van der Waals surface area contributed by atoms with Crippen LogP contribution < -0.4 is 5.73 Å². The Labute approximate surface area is 160 Å². The zero-order chi connectivity index (χ0) is 19.3. The van der Waals surface area contributed by atoms with Gasteiger partial charge in [-0.25, -0.2) is 0 Å². The van der Waals surface area contributed by atoms with E-state index in [1.165, 1.54) is 0 Å². The topological polar surface area (TPSA) is 88.8 Å². The maximum Gasteiger partial charge on any atom is 0.253 e. The van der Waals surface area contributed by atoms with Crippen molar-refractivity contribution in [1.29, 1.82) is 0 Å². The minimum Gasteiger partial charge on any atom is -0.385 e. The van der Waals surface area contributed by atoms with E-state index in [2.05, 4.69) is 9.88 Å². The van der Waals surface area contributed by atoms with E-state index in [1.54, 1.807) is 31.6 Å². The van der Waals surface area contributed by atoms with E-state index in [0.717, 1.165) is 45.3 Å². The number of nitrogens with zero attached hydrogens (tertiary/aromatic N) is 3. The Morgan fingerprint density at radius 3 is 2.59 bits per heavy atom. The van der Waals surface area contributed by atoms with Crippen LogP contribution in [-0.4, -0.2) is 72.5 Å². The molecule has 2 aliphatic rings. The van der Waals surface area contributed by atoms with Crippen LogP contribution in [0.3, 0.4) is 0 Å². The monoisotopic (exact) mass is 374 g/mol. The molecule has 0 spiro atoms. The number of pyridine rings is 1. The molecule has 2 amide bonds. The lowest BCUT2D eigenvalue weighted by Gasteiger charge is -2.46. The number of hydrogen-bond acceptors (Lipinski definition) is 5. The summed E-state index contributed by atoms with van der Waals surface area (Å²) in [5, 5.41) is 0. The highest BCUT2D eigenvalue weighted by Crippen LogP contribution is 2.35. The van der Waals surface area contributed by atoms with Gasteiger partial charge in [0.1, 0.15) is 0 Å². The van der Waals surface area contributed by atoms with E-state index >= 15 is 0 Å². The fraction of sp³-hybridized carbons (Fsp3) is 0.650. The number of methoxy groups -OCH3 is 1. The molecule has 0 saturated carbocycles. The third-order valence-electron chi connectivity index (χ3n) is 6.11. The molecule has 3 heterocycles. The molecule has 0 radical (unpaired) electrons. The van der Waals surface area contributed by atoms with Gasteiger partial charge in [0.05, 0.1) is 5.41 Å². The summed E-state index contributed by atoms with van der Waals surface area (Å²) in [6.45, 7) is 3.73. The highest BCUT2D eigenvalue weighted by Gasteiger charge is 2.42. The number of rotatable bonds is 6. The van der Waals surface area contributed by atoms with Crippen LogP contribution in [0.5, 0.6) is 0 Å². The quantitative estimate of drug-likeness (QED) is 0.810. The normalized spacial score (nSPS) is 24.7. The Hall–Kier alpha value is -1.99. The lowest BCUT2D eigenvalue weighted by atomic mass is 9.76. The molecule has 0 aromatic carbocycles. The van der Waals surface area contributed by atoms with E-state index in [4.69, 9.17) is 10.5 Å². The highest BCUT2D eigenvalue weighted by molar-refractivity contribution is 5.94. The Bertz CT molecular complexity index is 646. The number of piperidine rings is 2. The second-order valence-electron chi connectivity index (χ2n) is 7.72. The van der Waals surface area contributed by atoms with E-state index in [0.29, 0.717) is 31.2 Å². The summed E-state index contributed by atoms with van der Waals surface area (Å²) >= 11 is 0. The van der Waals surface area contributed by atoms with Crippen LogP contribution in [0.15, 0.2) is 24.5 Å². The molecule has 2 fully saturated rings. The van der Waals surface area contributed by atoms with Gasteiger partial charge in [0.2, 0.25) is 5.91 Å². The molecule has 148 valence electrons. The average Bonchev–Trinajstić information content (AvgIpc) is 2.72. The molecule has 1 aromatic rings. The molecule has 7 heteroatoms. The van der Waals surface area contributed by atoms with Crippen molar-refractivity contribution in [1.82, 2.24) is 14.8 Å². The third kappa shape index (κ3) is 4.47. The van der Waals surface area contributed by atoms with Gasteiger partial charge in [-0.1, -0.05) is 0 Å². The summed E-state index contributed by atoms with van der Waals surface area (Å²) in [6.07, 6.45) is 7.64. The Balaban J connectivity index is 1.59. The summed E-state index contributed by atoms with van der Waals surface area (Å²) in [5.41, 5.74) is 5.98. The molecule has 3 rings (SSSR count). The van der Waals surface area contributed by atoms with Gasteiger partial charge in [-0.15, -0.1) is 0 Å². The van der Waals surface area contributed by atoms with Crippen molar-refractivity contribution in [2.45, 2.75) is 38.1 Å². The second-order valence-corrected chi connectivity index (χ2v) is 7.72. The summed E-state index contributed by atoms with van der Waals surface area (Å²) in [4.78, 5) is 33.1. The lowest BCUT2D eigenvalue weighted by molar-refractivity contribution is -0.133. The molecule has 0 bridgehead atoms. The van der Waals surface area contributed by atoms with Crippen molar-refractivity contribution in [2.24, 2.45) is 11.1 Å². The van der Waals surface area contributed by atoms with Crippen molar-refractivity contribution in [2.75, 3.05) is 39.9 Å². The number of aromatic nitrogens is 1.